The van der Waals surface area contributed by atoms with Crippen LogP contribution in [0.15, 0.2) is 53.5 Å². The lowest BCUT2D eigenvalue weighted by Gasteiger charge is -2.22. The van der Waals surface area contributed by atoms with Crippen molar-refractivity contribution in [3.05, 3.63) is 65.2 Å². The molecule has 23 heavy (non-hydrogen) atoms. The van der Waals surface area contributed by atoms with Crippen LogP contribution >= 0.6 is 0 Å². The van der Waals surface area contributed by atoms with Crippen molar-refractivity contribution in [1.29, 1.82) is 0 Å². The van der Waals surface area contributed by atoms with Crippen molar-refractivity contribution in [1.82, 2.24) is 4.90 Å². The van der Waals surface area contributed by atoms with Gasteiger partial charge in [0.05, 0.1) is 11.4 Å². The average Bonchev–Trinajstić information content (AvgIpc) is 3.14. The van der Waals surface area contributed by atoms with E-state index in [1.54, 1.807) is 0 Å². The zero-order chi connectivity index (χ0) is 15.8. The van der Waals surface area contributed by atoms with Gasteiger partial charge in [0.25, 0.3) is 0 Å². The molecule has 2 atom stereocenters. The molecular weight excluding hydrogens is 282 g/mol. The zero-order valence-corrected chi connectivity index (χ0v) is 13.6. The van der Waals surface area contributed by atoms with E-state index in [2.05, 4.69) is 60.4 Å². The van der Waals surface area contributed by atoms with Crippen LogP contribution in [0.3, 0.4) is 0 Å². The largest absolute Gasteiger partial charge is 0.326 e. The van der Waals surface area contributed by atoms with Gasteiger partial charge < -0.3 is 10.6 Å². The van der Waals surface area contributed by atoms with E-state index in [4.69, 9.17) is 10.7 Å². The molecule has 118 valence electrons. The Bertz CT molecular complexity index is 736. The topological polar surface area (TPSA) is 41.6 Å². The third kappa shape index (κ3) is 2.71. The molecule has 2 unspecified atom stereocenters. The molecule has 2 heterocycles. The molecule has 4 rings (SSSR count). The Hall–Kier alpha value is -1.97. The summed E-state index contributed by atoms with van der Waals surface area (Å²) < 4.78 is 0. The van der Waals surface area contributed by atoms with Crippen molar-refractivity contribution < 1.29 is 0 Å². The number of aryl methyl sites for hydroxylation is 1. The lowest BCUT2D eigenvalue weighted by Crippen LogP contribution is -2.32. The third-order valence-electron chi connectivity index (χ3n) is 5.03. The molecule has 3 nitrogen and oxygen atoms in total. The number of para-hydroxylation sites is 1. The Morgan fingerprint density at radius 3 is 2.70 bits per heavy atom. The highest BCUT2D eigenvalue weighted by Gasteiger charge is 2.32. The van der Waals surface area contributed by atoms with E-state index in [0.717, 1.165) is 26.1 Å². The van der Waals surface area contributed by atoms with Gasteiger partial charge in [-0.15, -0.1) is 0 Å². The lowest BCUT2D eigenvalue weighted by molar-refractivity contribution is 0.332. The fraction of sp³-hybridized carbons (Fsp3) is 0.350. The van der Waals surface area contributed by atoms with E-state index in [1.807, 2.05) is 0 Å². The van der Waals surface area contributed by atoms with Crippen molar-refractivity contribution in [2.75, 3.05) is 19.6 Å². The summed E-state index contributed by atoms with van der Waals surface area (Å²) in [6.45, 7) is 5.26. The predicted octanol–water partition coefficient (Wildman–Crippen LogP) is 3.25. The zero-order valence-electron chi connectivity index (χ0n) is 13.6. The first-order chi connectivity index (χ1) is 11.2. The fourth-order valence-corrected chi connectivity index (χ4v) is 3.81. The quantitative estimate of drug-likeness (QED) is 0.946. The minimum absolute atomic E-state index is 0.325. The van der Waals surface area contributed by atoms with Crippen LogP contribution in [-0.2, 0) is 0 Å². The van der Waals surface area contributed by atoms with E-state index >= 15 is 0 Å². The Morgan fingerprint density at radius 1 is 1.13 bits per heavy atom. The summed E-state index contributed by atoms with van der Waals surface area (Å²) in [6, 6.07) is 17.5. The van der Waals surface area contributed by atoms with Crippen LogP contribution in [0.2, 0.25) is 0 Å². The van der Waals surface area contributed by atoms with Crippen LogP contribution < -0.4 is 5.73 Å². The maximum Gasteiger partial charge on any atom is 0.0701 e. The third-order valence-corrected chi connectivity index (χ3v) is 5.03. The standard InChI is InChI=1S/C20H23N3/c1-14-6-5-9-17-18(13-23-11-10-16(21)12-23)20(22-19(14)17)15-7-3-2-4-8-15/h2-9,16,18H,10-13,21H2,1H3. The molecule has 2 aliphatic heterocycles. The van der Waals surface area contributed by atoms with E-state index in [9.17, 15) is 0 Å². The first kappa shape index (κ1) is 14.6. The van der Waals surface area contributed by atoms with Crippen molar-refractivity contribution in [3.8, 4) is 0 Å². The van der Waals surface area contributed by atoms with Crippen molar-refractivity contribution in [2.24, 2.45) is 10.7 Å². The van der Waals surface area contributed by atoms with E-state index in [0.29, 0.717) is 12.0 Å². The van der Waals surface area contributed by atoms with Crippen LogP contribution in [0.4, 0.5) is 5.69 Å². The Morgan fingerprint density at radius 2 is 1.96 bits per heavy atom. The van der Waals surface area contributed by atoms with Crippen molar-refractivity contribution in [3.63, 3.8) is 0 Å². The summed E-state index contributed by atoms with van der Waals surface area (Å²) in [7, 11) is 0. The smallest absolute Gasteiger partial charge is 0.0701 e. The summed E-state index contributed by atoms with van der Waals surface area (Å²) in [5.74, 6) is 0.345. The molecule has 0 aliphatic carbocycles. The first-order valence-corrected chi connectivity index (χ1v) is 8.44. The molecule has 1 saturated heterocycles. The molecule has 1 fully saturated rings. The fourth-order valence-electron chi connectivity index (χ4n) is 3.81. The number of hydrogen-bond acceptors (Lipinski definition) is 3. The number of rotatable bonds is 3. The van der Waals surface area contributed by atoms with Gasteiger partial charge in [-0.3, -0.25) is 4.99 Å². The van der Waals surface area contributed by atoms with Crippen LogP contribution in [0.5, 0.6) is 0 Å². The van der Waals surface area contributed by atoms with Gasteiger partial charge >= 0.3 is 0 Å². The van der Waals surface area contributed by atoms with E-state index in [-0.39, 0.29) is 0 Å². The second-order valence-corrected chi connectivity index (χ2v) is 6.74. The molecular formula is C20H23N3. The SMILES string of the molecule is Cc1cccc2c1N=C(c1ccccc1)C2CN1CCC(N)C1. The summed E-state index contributed by atoms with van der Waals surface area (Å²) in [4.78, 5) is 7.51. The molecule has 2 aromatic rings. The van der Waals surface area contributed by atoms with Gasteiger partial charge in [-0.1, -0.05) is 48.5 Å². The van der Waals surface area contributed by atoms with Crippen LogP contribution in [0.25, 0.3) is 0 Å². The van der Waals surface area contributed by atoms with Crippen LogP contribution in [-0.4, -0.2) is 36.3 Å². The molecule has 2 N–H and O–H groups in total. The van der Waals surface area contributed by atoms with Crippen molar-refractivity contribution >= 4 is 11.4 Å². The predicted molar refractivity (Wildman–Crippen MR) is 95.6 cm³/mol. The van der Waals surface area contributed by atoms with Crippen LogP contribution in [0, 0.1) is 6.92 Å². The molecule has 0 bridgehead atoms. The average molecular weight is 305 g/mol. The summed E-state index contributed by atoms with van der Waals surface area (Å²) in [6.07, 6.45) is 1.10. The van der Waals surface area contributed by atoms with Gasteiger partial charge in [-0.2, -0.15) is 0 Å². The number of likely N-dealkylation sites (tertiary alicyclic amines) is 1. The highest BCUT2D eigenvalue weighted by Crippen LogP contribution is 2.40. The number of fused-ring (bicyclic) bond motifs is 1. The molecule has 0 spiro atoms. The summed E-state index contributed by atoms with van der Waals surface area (Å²) >= 11 is 0. The second-order valence-electron chi connectivity index (χ2n) is 6.74. The molecule has 2 aliphatic rings. The minimum Gasteiger partial charge on any atom is -0.326 e. The van der Waals surface area contributed by atoms with E-state index < -0.39 is 0 Å². The summed E-state index contributed by atoms with van der Waals surface area (Å²) in [5.41, 5.74) is 12.3. The minimum atomic E-state index is 0.325. The van der Waals surface area contributed by atoms with Gasteiger partial charge in [0, 0.05) is 25.0 Å². The second kappa shape index (κ2) is 5.91. The maximum absolute atomic E-state index is 6.09. The Labute approximate surface area is 137 Å². The number of hydrogen-bond donors (Lipinski definition) is 1. The first-order valence-electron chi connectivity index (χ1n) is 8.44. The van der Waals surface area contributed by atoms with Gasteiger partial charge in [-0.25, -0.2) is 0 Å². The monoisotopic (exact) mass is 305 g/mol. The van der Waals surface area contributed by atoms with Gasteiger partial charge in [0.1, 0.15) is 0 Å². The van der Waals surface area contributed by atoms with Gasteiger partial charge in [0.2, 0.25) is 0 Å². The number of aliphatic imine (C=N–C) groups is 1. The highest BCUT2D eigenvalue weighted by molar-refractivity contribution is 6.10. The maximum atomic E-state index is 6.09. The van der Waals surface area contributed by atoms with E-state index in [1.165, 1.54) is 28.1 Å². The molecule has 0 radical (unpaired) electrons. The molecule has 0 amide bonds. The molecule has 3 heteroatoms. The molecule has 2 aromatic carbocycles. The van der Waals surface area contributed by atoms with Gasteiger partial charge in [-0.05, 0) is 36.6 Å². The number of nitrogens with zero attached hydrogens (tertiary/aromatic N) is 2. The number of benzene rings is 2. The summed E-state index contributed by atoms with van der Waals surface area (Å²) in [5, 5.41) is 0. The highest BCUT2D eigenvalue weighted by atomic mass is 15.2. The number of nitrogens with two attached hydrogens (primary N) is 1. The van der Waals surface area contributed by atoms with Crippen LogP contribution in [0.1, 0.15) is 29.0 Å². The molecule has 0 aromatic heterocycles. The van der Waals surface area contributed by atoms with Crippen molar-refractivity contribution in [2.45, 2.75) is 25.3 Å². The molecule has 0 saturated carbocycles. The lowest BCUT2D eigenvalue weighted by atomic mass is 9.90. The van der Waals surface area contributed by atoms with Gasteiger partial charge in [0.15, 0.2) is 0 Å². The Balaban J connectivity index is 1.71. The normalized spacial score (nSPS) is 23.8. The Kier molecular flexibility index (Phi) is 3.76.